The van der Waals surface area contributed by atoms with Gasteiger partial charge in [-0.25, -0.2) is 14.9 Å². The van der Waals surface area contributed by atoms with E-state index in [1.54, 1.807) is 34.6 Å². The molecule has 1 atom stereocenters. The van der Waals surface area contributed by atoms with Crippen LogP contribution in [0.3, 0.4) is 0 Å². The van der Waals surface area contributed by atoms with Crippen molar-refractivity contribution in [1.82, 2.24) is 10.0 Å². The summed E-state index contributed by atoms with van der Waals surface area (Å²) in [6.07, 6.45) is -0.944. The highest BCUT2D eigenvalue weighted by Crippen LogP contribution is 2.36. The fourth-order valence-corrected chi connectivity index (χ4v) is 3.23. The third-order valence-electron chi connectivity index (χ3n) is 4.26. The summed E-state index contributed by atoms with van der Waals surface area (Å²) in [4.78, 5) is 34.7. The van der Waals surface area contributed by atoms with Gasteiger partial charge in [0.1, 0.15) is 10.9 Å². The number of aromatic nitrogens is 1. The number of oxazole rings is 1. The minimum Gasteiger partial charge on any atom is -0.441 e. The number of rotatable bonds is 4. The molecule has 1 aromatic heterocycles. The number of esters is 1. The first-order chi connectivity index (χ1) is 12.1. The number of amides is 1. The zero-order valence-corrected chi connectivity index (χ0v) is 17.5. The van der Waals surface area contributed by atoms with Crippen LogP contribution in [0.15, 0.2) is 16.5 Å². The number of hydrogen-bond donors (Lipinski definition) is 0. The molecule has 1 aliphatic rings. The molecule has 2 aromatic rings. The molecular weight excluding hydrogens is 451 g/mol. The van der Waals surface area contributed by atoms with Gasteiger partial charge in [0, 0.05) is 10.5 Å². The summed E-state index contributed by atoms with van der Waals surface area (Å²) in [5.41, 5.74) is 1.36. The number of halogens is 1. The molecule has 1 aromatic carbocycles. The van der Waals surface area contributed by atoms with E-state index in [1.165, 1.54) is 5.06 Å². The van der Waals surface area contributed by atoms with Crippen LogP contribution in [0.2, 0.25) is 0 Å². The lowest BCUT2D eigenvalue weighted by atomic mass is 9.92. The van der Waals surface area contributed by atoms with E-state index < -0.39 is 17.7 Å². The number of carbonyl (C=O) groups is 2. The highest BCUT2D eigenvalue weighted by Gasteiger charge is 2.51. The highest BCUT2D eigenvalue weighted by molar-refractivity contribution is 14.1. The zero-order valence-electron chi connectivity index (χ0n) is 15.3. The standard InChI is InChI=1S/C18H21IN2O5/c1-9(2)15(22)25-17-18(4,5)16(23)21(26-17)8-11-6-13-14(7-12(11)19)24-10(3)20-13/h6-7,9,17H,8H2,1-5H3. The van der Waals surface area contributed by atoms with Crippen molar-refractivity contribution >= 4 is 45.6 Å². The molecule has 1 fully saturated rings. The van der Waals surface area contributed by atoms with Gasteiger partial charge in [0.2, 0.25) is 6.29 Å². The van der Waals surface area contributed by atoms with Crippen LogP contribution in [0.1, 0.15) is 39.1 Å². The number of benzene rings is 1. The Balaban J connectivity index is 1.83. The van der Waals surface area contributed by atoms with Crippen LogP contribution in [-0.2, 0) is 25.7 Å². The van der Waals surface area contributed by atoms with Crippen LogP contribution in [0.4, 0.5) is 0 Å². The maximum atomic E-state index is 12.7. The first kappa shape index (κ1) is 19.1. The molecular formula is C18H21IN2O5. The Morgan fingerprint density at radius 2 is 2.12 bits per heavy atom. The SMILES string of the molecule is Cc1nc2cc(CN3OC(OC(=O)C(C)C)C(C)(C)C3=O)c(I)cc2o1. The Hall–Kier alpha value is -1.68. The van der Waals surface area contributed by atoms with Crippen LogP contribution in [0.5, 0.6) is 0 Å². The lowest BCUT2D eigenvalue weighted by Crippen LogP contribution is -2.35. The van der Waals surface area contributed by atoms with Crippen molar-refractivity contribution in [3.8, 4) is 0 Å². The number of ether oxygens (including phenoxy) is 1. The van der Waals surface area contributed by atoms with E-state index in [2.05, 4.69) is 27.6 Å². The van der Waals surface area contributed by atoms with Gasteiger partial charge in [-0.05, 0) is 54.1 Å². The lowest BCUT2D eigenvalue weighted by molar-refractivity contribution is -0.244. The second-order valence-electron chi connectivity index (χ2n) is 7.24. The second kappa shape index (κ2) is 6.80. The highest BCUT2D eigenvalue weighted by atomic mass is 127. The molecule has 0 saturated carbocycles. The monoisotopic (exact) mass is 472 g/mol. The Morgan fingerprint density at radius 1 is 1.42 bits per heavy atom. The molecule has 1 aliphatic heterocycles. The summed E-state index contributed by atoms with van der Waals surface area (Å²) in [6, 6.07) is 3.76. The largest absolute Gasteiger partial charge is 0.441 e. The molecule has 1 saturated heterocycles. The molecule has 26 heavy (non-hydrogen) atoms. The van der Waals surface area contributed by atoms with Crippen molar-refractivity contribution in [2.24, 2.45) is 11.3 Å². The van der Waals surface area contributed by atoms with Crippen LogP contribution < -0.4 is 0 Å². The Bertz CT molecular complexity index is 874. The number of aryl methyl sites for hydroxylation is 1. The summed E-state index contributed by atoms with van der Waals surface area (Å²) >= 11 is 2.19. The van der Waals surface area contributed by atoms with E-state index in [-0.39, 0.29) is 18.4 Å². The van der Waals surface area contributed by atoms with E-state index in [4.69, 9.17) is 14.0 Å². The number of fused-ring (bicyclic) bond motifs is 1. The maximum Gasteiger partial charge on any atom is 0.310 e. The van der Waals surface area contributed by atoms with E-state index >= 15 is 0 Å². The van der Waals surface area contributed by atoms with Crippen molar-refractivity contribution < 1.29 is 23.6 Å². The quantitative estimate of drug-likeness (QED) is 0.500. The Morgan fingerprint density at radius 3 is 2.77 bits per heavy atom. The molecule has 1 unspecified atom stereocenters. The zero-order chi connectivity index (χ0) is 19.2. The van der Waals surface area contributed by atoms with Crippen LogP contribution in [0, 0.1) is 21.8 Å². The third kappa shape index (κ3) is 3.44. The summed E-state index contributed by atoms with van der Waals surface area (Å²) in [5, 5.41) is 1.26. The molecule has 0 bridgehead atoms. The molecule has 8 heteroatoms. The number of hydroxylamine groups is 2. The van der Waals surface area contributed by atoms with Gasteiger partial charge in [0.15, 0.2) is 11.5 Å². The van der Waals surface area contributed by atoms with Crippen LogP contribution in [-0.4, -0.2) is 28.2 Å². The van der Waals surface area contributed by atoms with Gasteiger partial charge >= 0.3 is 5.97 Å². The molecule has 0 spiro atoms. The van der Waals surface area contributed by atoms with E-state index in [0.717, 1.165) is 14.7 Å². The lowest BCUT2D eigenvalue weighted by Gasteiger charge is -2.21. The summed E-state index contributed by atoms with van der Waals surface area (Å²) < 4.78 is 11.8. The molecule has 1 amide bonds. The van der Waals surface area contributed by atoms with Crippen molar-refractivity contribution in [3.05, 3.63) is 27.2 Å². The second-order valence-corrected chi connectivity index (χ2v) is 8.40. The number of nitrogens with zero attached hydrogens (tertiary/aromatic N) is 2. The molecule has 7 nitrogen and oxygen atoms in total. The predicted octanol–water partition coefficient (Wildman–Crippen LogP) is 3.57. The molecule has 3 rings (SSSR count). The smallest absolute Gasteiger partial charge is 0.310 e. The van der Waals surface area contributed by atoms with Crippen molar-refractivity contribution in [2.45, 2.75) is 47.5 Å². The van der Waals surface area contributed by atoms with Crippen molar-refractivity contribution in [2.75, 3.05) is 0 Å². The predicted molar refractivity (Wildman–Crippen MR) is 102 cm³/mol. The molecule has 2 heterocycles. The fourth-order valence-electron chi connectivity index (χ4n) is 2.62. The van der Waals surface area contributed by atoms with E-state index in [0.29, 0.717) is 11.5 Å². The van der Waals surface area contributed by atoms with Crippen molar-refractivity contribution in [1.29, 1.82) is 0 Å². The van der Waals surface area contributed by atoms with Gasteiger partial charge in [-0.3, -0.25) is 9.59 Å². The minimum absolute atomic E-state index is 0.230. The first-order valence-electron chi connectivity index (χ1n) is 8.34. The Kier molecular flexibility index (Phi) is 5.00. The van der Waals surface area contributed by atoms with E-state index in [9.17, 15) is 9.59 Å². The van der Waals surface area contributed by atoms with Gasteiger partial charge < -0.3 is 9.15 Å². The molecule has 0 radical (unpaired) electrons. The average molecular weight is 472 g/mol. The van der Waals surface area contributed by atoms with Crippen LogP contribution in [0.25, 0.3) is 11.1 Å². The average Bonchev–Trinajstić information content (AvgIpc) is 2.99. The first-order valence-corrected chi connectivity index (χ1v) is 9.42. The summed E-state index contributed by atoms with van der Waals surface area (Å²) in [7, 11) is 0. The van der Waals surface area contributed by atoms with Crippen molar-refractivity contribution in [3.63, 3.8) is 0 Å². The molecule has 0 aliphatic carbocycles. The van der Waals surface area contributed by atoms with Gasteiger partial charge in [-0.15, -0.1) is 0 Å². The molecule has 140 valence electrons. The summed E-state index contributed by atoms with van der Waals surface area (Å²) in [5.74, 6) is -0.335. The normalized spacial score (nSPS) is 19.6. The van der Waals surface area contributed by atoms with E-state index in [1.807, 2.05) is 12.1 Å². The topological polar surface area (TPSA) is 81.9 Å². The summed E-state index contributed by atoms with van der Waals surface area (Å²) in [6.45, 7) is 8.92. The maximum absolute atomic E-state index is 12.7. The number of carbonyl (C=O) groups excluding carboxylic acids is 2. The Labute approximate surface area is 165 Å². The van der Waals surface area contributed by atoms with Crippen LogP contribution >= 0.6 is 22.6 Å². The third-order valence-corrected chi connectivity index (χ3v) is 5.27. The van der Waals surface area contributed by atoms with Gasteiger partial charge in [-0.1, -0.05) is 13.8 Å². The minimum atomic E-state index is -0.954. The fraction of sp³-hybridized carbons (Fsp3) is 0.500. The van der Waals surface area contributed by atoms with Gasteiger partial charge in [0.05, 0.1) is 12.5 Å². The number of hydrogen-bond acceptors (Lipinski definition) is 6. The molecule has 0 N–H and O–H groups in total. The van der Waals surface area contributed by atoms with Gasteiger partial charge in [0.25, 0.3) is 5.91 Å². The van der Waals surface area contributed by atoms with Gasteiger partial charge in [-0.2, -0.15) is 0 Å².